The van der Waals surface area contributed by atoms with Gasteiger partial charge in [0, 0.05) is 18.2 Å². The van der Waals surface area contributed by atoms with Crippen molar-refractivity contribution in [3.63, 3.8) is 0 Å². The maximum Gasteiger partial charge on any atom is 0.251 e. The standard InChI is InChI=1S/C13H20N2O/c1-4-12(8-14)15-13(16)11-6-5-9(2)10(3)7-11/h5-7,12H,4,8,14H2,1-3H3,(H,15,16). The summed E-state index contributed by atoms with van der Waals surface area (Å²) in [5.41, 5.74) is 8.58. The van der Waals surface area contributed by atoms with E-state index >= 15 is 0 Å². The molecular formula is C13H20N2O. The van der Waals surface area contributed by atoms with Crippen molar-refractivity contribution in [2.75, 3.05) is 6.54 Å². The Balaban J connectivity index is 2.76. The molecule has 0 fully saturated rings. The topological polar surface area (TPSA) is 55.1 Å². The normalized spacial score (nSPS) is 12.2. The second kappa shape index (κ2) is 5.66. The van der Waals surface area contributed by atoms with Gasteiger partial charge >= 0.3 is 0 Å². The van der Waals surface area contributed by atoms with E-state index in [1.54, 1.807) is 0 Å². The van der Waals surface area contributed by atoms with Crippen molar-refractivity contribution in [3.05, 3.63) is 34.9 Å². The highest BCUT2D eigenvalue weighted by atomic mass is 16.1. The summed E-state index contributed by atoms with van der Waals surface area (Å²) < 4.78 is 0. The summed E-state index contributed by atoms with van der Waals surface area (Å²) in [5, 5.41) is 2.92. The maximum atomic E-state index is 11.9. The molecule has 0 aromatic heterocycles. The van der Waals surface area contributed by atoms with Gasteiger partial charge in [-0.05, 0) is 43.5 Å². The summed E-state index contributed by atoms with van der Waals surface area (Å²) in [5.74, 6) is -0.0413. The molecule has 1 amide bonds. The Labute approximate surface area is 97.0 Å². The van der Waals surface area contributed by atoms with Crippen LogP contribution in [0.25, 0.3) is 0 Å². The second-order valence-electron chi connectivity index (χ2n) is 4.11. The van der Waals surface area contributed by atoms with E-state index in [4.69, 9.17) is 5.73 Å². The van der Waals surface area contributed by atoms with Gasteiger partial charge in [0.05, 0.1) is 0 Å². The van der Waals surface area contributed by atoms with Gasteiger partial charge in [-0.1, -0.05) is 13.0 Å². The predicted octanol–water partition coefficient (Wildman–Crippen LogP) is 1.77. The third-order valence-electron chi connectivity index (χ3n) is 2.88. The lowest BCUT2D eigenvalue weighted by Crippen LogP contribution is -2.39. The highest BCUT2D eigenvalue weighted by Gasteiger charge is 2.10. The van der Waals surface area contributed by atoms with Crippen LogP contribution in [0.2, 0.25) is 0 Å². The second-order valence-corrected chi connectivity index (χ2v) is 4.11. The third kappa shape index (κ3) is 3.07. The molecule has 1 unspecified atom stereocenters. The van der Waals surface area contributed by atoms with E-state index < -0.39 is 0 Å². The Morgan fingerprint density at radius 1 is 1.38 bits per heavy atom. The van der Waals surface area contributed by atoms with Crippen molar-refractivity contribution in [3.8, 4) is 0 Å². The highest BCUT2D eigenvalue weighted by Crippen LogP contribution is 2.09. The molecular weight excluding hydrogens is 200 g/mol. The lowest BCUT2D eigenvalue weighted by Gasteiger charge is -2.15. The summed E-state index contributed by atoms with van der Waals surface area (Å²) in [6, 6.07) is 5.79. The van der Waals surface area contributed by atoms with Gasteiger partial charge < -0.3 is 11.1 Å². The SMILES string of the molecule is CCC(CN)NC(=O)c1ccc(C)c(C)c1. The Hall–Kier alpha value is -1.35. The molecule has 3 nitrogen and oxygen atoms in total. The molecule has 0 bridgehead atoms. The minimum atomic E-state index is -0.0413. The van der Waals surface area contributed by atoms with Gasteiger partial charge in [0.15, 0.2) is 0 Å². The number of benzene rings is 1. The molecule has 0 aliphatic carbocycles. The molecule has 0 saturated heterocycles. The Morgan fingerprint density at radius 2 is 2.06 bits per heavy atom. The zero-order chi connectivity index (χ0) is 12.1. The summed E-state index contributed by atoms with van der Waals surface area (Å²) in [7, 11) is 0. The average Bonchev–Trinajstić information content (AvgIpc) is 2.29. The van der Waals surface area contributed by atoms with Crippen LogP contribution in [0.1, 0.15) is 34.8 Å². The van der Waals surface area contributed by atoms with Crippen molar-refractivity contribution >= 4 is 5.91 Å². The molecule has 0 heterocycles. The predicted molar refractivity (Wildman–Crippen MR) is 66.5 cm³/mol. The fourth-order valence-corrected chi connectivity index (χ4v) is 1.48. The van der Waals surface area contributed by atoms with Gasteiger partial charge in [0.25, 0.3) is 5.91 Å². The first-order valence-corrected chi connectivity index (χ1v) is 5.66. The van der Waals surface area contributed by atoms with E-state index in [0.29, 0.717) is 12.1 Å². The third-order valence-corrected chi connectivity index (χ3v) is 2.88. The van der Waals surface area contributed by atoms with E-state index in [-0.39, 0.29) is 11.9 Å². The van der Waals surface area contributed by atoms with Crippen molar-refractivity contribution in [2.24, 2.45) is 5.73 Å². The van der Waals surface area contributed by atoms with Gasteiger partial charge in [-0.3, -0.25) is 4.79 Å². The molecule has 88 valence electrons. The number of carbonyl (C=O) groups excluding carboxylic acids is 1. The largest absolute Gasteiger partial charge is 0.348 e. The first-order chi connectivity index (χ1) is 7.58. The number of carbonyl (C=O) groups is 1. The number of aryl methyl sites for hydroxylation is 2. The van der Waals surface area contributed by atoms with Gasteiger partial charge in [-0.2, -0.15) is 0 Å². The highest BCUT2D eigenvalue weighted by molar-refractivity contribution is 5.94. The van der Waals surface area contributed by atoms with Crippen LogP contribution in [0.4, 0.5) is 0 Å². The lowest BCUT2D eigenvalue weighted by atomic mass is 10.1. The Kier molecular flexibility index (Phi) is 4.50. The quantitative estimate of drug-likeness (QED) is 0.812. The molecule has 1 atom stereocenters. The van der Waals surface area contributed by atoms with E-state index in [2.05, 4.69) is 5.32 Å². The molecule has 0 radical (unpaired) electrons. The molecule has 0 aliphatic rings. The number of rotatable bonds is 4. The van der Waals surface area contributed by atoms with Crippen molar-refractivity contribution in [1.29, 1.82) is 0 Å². The van der Waals surface area contributed by atoms with Crippen LogP contribution in [-0.4, -0.2) is 18.5 Å². The monoisotopic (exact) mass is 220 g/mol. The lowest BCUT2D eigenvalue weighted by molar-refractivity contribution is 0.0937. The van der Waals surface area contributed by atoms with Gasteiger partial charge in [0.2, 0.25) is 0 Å². The minimum Gasteiger partial charge on any atom is -0.348 e. The summed E-state index contributed by atoms with van der Waals surface area (Å²) in [6.07, 6.45) is 0.854. The first kappa shape index (κ1) is 12.7. The molecule has 0 spiro atoms. The van der Waals surface area contributed by atoms with Crippen LogP contribution in [0.5, 0.6) is 0 Å². The zero-order valence-corrected chi connectivity index (χ0v) is 10.2. The molecule has 0 aliphatic heterocycles. The maximum absolute atomic E-state index is 11.9. The average molecular weight is 220 g/mol. The molecule has 1 aromatic carbocycles. The minimum absolute atomic E-state index is 0.0413. The van der Waals surface area contributed by atoms with Crippen LogP contribution in [0.15, 0.2) is 18.2 Å². The molecule has 3 heteroatoms. The van der Waals surface area contributed by atoms with Crippen molar-refractivity contribution in [2.45, 2.75) is 33.2 Å². The van der Waals surface area contributed by atoms with Gasteiger partial charge in [-0.15, -0.1) is 0 Å². The van der Waals surface area contributed by atoms with E-state index in [1.807, 2.05) is 39.0 Å². The van der Waals surface area contributed by atoms with Crippen LogP contribution < -0.4 is 11.1 Å². The van der Waals surface area contributed by atoms with Crippen molar-refractivity contribution in [1.82, 2.24) is 5.32 Å². The van der Waals surface area contributed by atoms with Gasteiger partial charge in [0.1, 0.15) is 0 Å². The fourth-order valence-electron chi connectivity index (χ4n) is 1.48. The number of hydrogen-bond donors (Lipinski definition) is 2. The molecule has 3 N–H and O–H groups in total. The van der Waals surface area contributed by atoms with E-state index in [9.17, 15) is 4.79 Å². The van der Waals surface area contributed by atoms with Crippen LogP contribution in [-0.2, 0) is 0 Å². The molecule has 1 rings (SSSR count). The number of nitrogens with one attached hydrogen (secondary N) is 1. The number of nitrogens with two attached hydrogens (primary N) is 1. The number of amides is 1. The van der Waals surface area contributed by atoms with Crippen LogP contribution >= 0.6 is 0 Å². The van der Waals surface area contributed by atoms with Crippen molar-refractivity contribution < 1.29 is 4.79 Å². The summed E-state index contributed by atoms with van der Waals surface area (Å²) in [4.78, 5) is 11.9. The Morgan fingerprint density at radius 3 is 2.56 bits per heavy atom. The molecule has 0 saturated carbocycles. The van der Waals surface area contributed by atoms with E-state index in [1.165, 1.54) is 5.56 Å². The molecule has 16 heavy (non-hydrogen) atoms. The number of hydrogen-bond acceptors (Lipinski definition) is 2. The molecule has 1 aromatic rings. The zero-order valence-electron chi connectivity index (χ0n) is 10.2. The van der Waals surface area contributed by atoms with E-state index in [0.717, 1.165) is 12.0 Å². The summed E-state index contributed by atoms with van der Waals surface area (Å²) >= 11 is 0. The smallest absolute Gasteiger partial charge is 0.251 e. The Bertz CT molecular complexity index is 370. The summed E-state index contributed by atoms with van der Waals surface area (Å²) in [6.45, 7) is 6.53. The van der Waals surface area contributed by atoms with Crippen LogP contribution in [0, 0.1) is 13.8 Å². The fraction of sp³-hybridized carbons (Fsp3) is 0.462. The van der Waals surface area contributed by atoms with Gasteiger partial charge in [-0.25, -0.2) is 0 Å². The van der Waals surface area contributed by atoms with Crippen LogP contribution in [0.3, 0.4) is 0 Å². The first-order valence-electron chi connectivity index (χ1n) is 5.66.